The number of amides is 1. The normalized spacial score (nSPS) is 24.3. The second-order valence-corrected chi connectivity index (χ2v) is 8.42. The van der Waals surface area contributed by atoms with Crippen molar-refractivity contribution in [3.63, 3.8) is 0 Å². The van der Waals surface area contributed by atoms with E-state index in [0.29, 0.717) is 6.04 Å². The van der Waals surface area contributed by atoms with Gasteiger partial charge in [0.1, 0.15) is 0 Å². The van der Waals surface area contributed by atoms with Gasteiger partial charge in [0.25, 0.3) is 0 Å². The van der Waals surface area contributed by atoms with Gasteiger partial charge in [-0.25, -0.2) is 0 Å². The molecule has 1 unspecified atom stereocenters. The second kappa shape index (κ2) is 7.90. The summed E-state index contributed by atoms with van der Waals surface area (Å²) in [7, 11) is 0. The predicted molar refractivity (Wildman–Crippen MR) is 119 cm³/mol. The number of nitrogens with two attached hydrogens (primary N) is 1. The Hall–Kier alpha value is -2.81. The molecule has 1 fully saturated rings. The molecule has 2 aliphatic rings. The van der Waals surface area contributed by atoms with Crippen molar-refractivity contribution in [3.8, 4) is 0 Å². The van der Waals surface area contributed by atoms with Gasteiger partial charge < -0.3 is 10.6 Å². The monoisotopic (exact) mass is 386 g/mol. The van der Waals surface area contributed by atoms with E-state index in [0.717, 1.165) is 40.9 Å². The van der Waals surface area contributed by atoms with E-state index < -0.39 is 5.41 Å². The molecule has 2 aromatic rings. The summed E-state index contributed by atoms with van der Waals surface area (Å²) < 4.78 is 0. The molecule has 2 aromatic carbocycles. The van der Waals surface area contributed by atoms with Gasteiger partial charge in [0.15, 0.2) is 0 Å². The Morgan fingerprint density at radius 2 is 1.59 bits per heavy atom. The van der Waals surface area contributed by atoms with Crippen molar-refractivity contribution in [1.82, 2.24) is 4.90 Å². The van der Waals surface area contributed by atoms with Gasteiger partial charge in [-0.15, -0.1) is 0 Å². The molecular weight excluding hydrogens is 356 g/mol. The molecule has 1 aliphatic carbocycles. The van der Waals surface area contributed by atoms with Crippen LogP contribution in [0, 0.1) is 0 Å². The van der Waals surface area contributed by atoms with E-state index in [4.69, 9.17) is 5.73 Å². The van der Waals surface area contributed by atoms with Crippen molar-refractivity contribution >= 4 is 12.0 Å². The Morgan fingerprint density at radius 1 is 1.00 bits per heavy atom. The summed E-state index contributed by atoms with van der Waals surface area (Å²) in [6.45, 7) is 4.23. The summed E-state index contributed by atoms with van der Waals surface area (Å²) in [6, 6.07) is 21.1. The first-order chi connectivity index (χ1) is 14.0. The zero-order chi connectivity index (χ0) is 20.4. The van der Waals surface area contributed by atoms with Crippen molar-refractivity contribution in [2.75, 3.05) is 0 Å². The molecule has 2 N–H and O–H groups in total. The molecule has 3 heteroatoms. The molecule has 150 valence electrons. The third-order valence-electron chi connectivity index (χ3n) is 6.64. The van der Waals surface area contributed by atoms with Crippen LogP contribution in [0.2, 0.25) is 0 Å². The Morgan fingerprint density at radius 3 is 2.17 bits per heavy atom. The molecule has 1 amide bonds. The van der Waals surface area contributed by atoms with Crippen molar-refractivity contribution in [3.05, 3.63) is 88.8 Å². The smallest absolute Gasteiger partial charge is 0.247 e. The first-order valence-electron chi connectivity index (χ1n) is 10.7. The first kappa shape index (κ1) is 19.5. The van der Waals surface area contributed by atoms with Gasteiger partial charge in [-0.2, -0.15) is 0 Å². The number of nitrogens with zero attached hydrogens (tertiary/aromatic N) is 1. The van der Waals surface area contributed by atoms with E-state index in [1.807, 2.05) is 24.3 Å². The van der Waals surface area contributed by atoms with Gasteiger partial charge in [0.05, 0.1) is 11.0 Å². The Kier molecular flexibility index (Phi) is 5.31. The topological polar surface area (TPSA) is 46.3 Å². The second-order valence-electron chi connectivity index (χ2n) is 8.42. The van der Waals surface area contributed by atoms with Gasteiger partial charge >= 0.3 is 0 Å². The van der Waals surface area contributed by atoms with Crippen molar-refractivity contribution < 1.29 is 4.79 Å². The predicted octanol–water partition coefficient (Wildman–Crippen LogP) is 5.39. The molecule has 0 aromatic heterocycles. The fraction of sp³-hybridized carbons (Fsp3) is 0.346. The van der Waals surface area contributed by atoms with E-state index in [9.17, 15) is 4.79 Å². The van der Waals surface area contributed by atoms with Crippen molar-refractivity contribution in [2.45, 2.75) is 57.4 Å². The maximum atomic E-state index is 12.7. The van der Waals surface area contributed by atoms with Crippen LogP contribution >= 0.6 is 0 Å². The van der Waals surface area contributed by atoms with Crippen LogP contribution in [0.15, 0.2) is 77.6 Å². The summed E-state index contributed by atoms with van der Waals surface area (Å²) in [5, 5.41) is 0. The van der Waals surface area contributed by atoms with Crippen molar-refractivity contribution in [1.29, 1.82) is 0 Å². The lowest BCUT2D eigenvalue weighted by atomic mass is 9.73. The van der Waals surface area contributed by atoms with Crippen LogP contribution in [0.5, 0.6) is 0 Å². The van der Waals surface area contributed by atoms with Crippen LogP contribution in [0.4, 0.5) is 0 Å². The maximum absolute atomic E-state index is 12.7. The van der Waals surface area contributed by atoms with E-state index in [-0.39, 0.29) is 5.91 Å². The number of rotatable bonds is 4. The van der Waals surface area contributed by atoms with Crippen LogP contribution in [0.3, 0.4) is 0 Å². The molecule has 1 heterocycles. The van der Waals surface area contributed by atoms with Gasteiger partial charge in [-0.3, -0.25) is 4.79 Å². The third kappa shape index (κ3) is 3.39. The van der Waals surface area contributed by atoms with Gasteiger partial charge in [-0.05, 0) is 43.9 Å². The van der Waals surface area contributed by atoms with E-state index in [1.54, 1.807) is 0 Å². The molecule has 0 bridgehead atoms. The third-order valence-corrected chi connectivity index (χ3v) is 6.64. The minimum Gasteiger partial charge on any atom is -0.366 e. The zero-order valence-corrected chi connectivity index (χ0v) is 17.4. The van der Waals surface area contributed by atoms with Gasteiger partial charge in [0.2, 0.25) is 5.91 Å². The fourth-order valence-corrected chi connectivity index (χ4v) is 5.25. The summed E-state index contributed by atoms with van der Waals surface area (Å²) in [6.07, 6.45) is 8.33. The standard InChI is InChI=1S/C26H30N2O/c1-19-24(25(27)29)26(2,21-14-8-4-9-15-21)23(18-20-12-6-3-7-13-20)28(19)22-16-10-5-11-17-22/h3-4,6-9,12-15,18,22H,5,10-11,16-17H2,1-2H3,(H2,27,29)/b23-18-. The van der Waals surface area contributed by atoms with Crippen LogP contribution in [-0.4, -0.2) is 16.8 Å². The SMILES string of the molecule is CC1=C(C(N)=O)C(C)(c2ccccc2)/C(=C/c2ccccc2)N1C1CCCCC1. The quantitative estimate of drug-likeness (QED) is 0.765. The lowest BCUT2D eigenvalue weighted by Crippen LogP contribution is -2.37. The van der Waals surface area contributed by atoms with E-state index >= 15 is 0 Å². The number of carbonyl (C=O) groups excluding carboxylic acids is 1. The number of hydrogen-bond acceptors (Lipinski definition) is 2. The molecule has 1 saturated carbocycles. The molecule has 0 spiro atoms. The lowest BCUT2D eigenvalue weighted by molar-refractivity contribution is -0.115. The maximum Gasteiger partial charge on any atom is 0.247 e. The summed E-state index contributed by atoms with van der Waals surface area (Å²) in [5.74, 6) is -0.328. The van der Waals surface area contributed by atoms with Crippen molar-refractivity contribution in [2.24, 2.45) is 5.73 Å². The molecule has 1 atom stereocenters. The fourth-order valence-electron chi connectivity index (χ4n) is 5.25. The lowest BCUT2D eigenvalue weighted by Gasteiger charge is -2.39. The number of carbonyl (C=O) groups is 1. The first-order valence-corrected chi connectivity index (χ1v) is 10.7. The summed E-state index contributed by atoms with van der Waals surface area (Å²) in [5.41, 5.74) is 10.6. The zero-order valence-electron chi connectivity index (χ0n) is 17.4. The Bertz CT molecular complexity index is 939. The van der Waals surface area contributed by atoms with Crippen LogP contribution in [-0.2, 0) is 10.2 Å². The number of allylic oxidation sites excluding steroid dienone is 2. The molecule has 29 heavy (non-hydrogen) atoms. The summed E-state index contributed by atoms with van der Waals surface area (Å²) in [4.78, 5) is 15.2. The highest BCUT2D eigenvalue weighted by molar-refractivity contribution is 5.98. The minimum absolute atomic E-state index is 0.328. The molecule has 3 nitrogen and oxygen atoms in total. The van der Waals surface area contributed by atoms with Gasteiger partial charge in [-0.1, -0.05) is 79.9 Å². The number of primary amides is 1. The van der Waals surface area contributed by atoms with Crippen LogP contribution < -0.4 is 5.73 Å². The number of hydrogen-bond donors (Lipinski definition) is 1. The molecule has 0 saturated heterocycles. The summed E-state index contributed by atoms with van der Waals surface area (Å²) >= 11 is 0. The average molecular weight is 387 g/mol. The highest BCUT2D eigenvalue weighted by atomic mass is 16.1. The molecule has 4 rings (SSSR count). The highest BCUT2D eigenvalue weighted by Gasteiger charge is 2.49. The Labute approximate surface area is 173 Å². The molecular formula is C26H30N2O. The van der Waals surface area contributed by atoms with Crippen LogP contribution in [0.25, 0.3) is 6.08 Å². The minimum atomic E-state index is -0.565. The van der Waals surface area contributed by atoms with E-state index in [1.165, 1.54) is 19.3 Å². The number of benzene rings is 2. The van der Waals surface area contributed by atoms with Gasteiger partial charge in [0, 0.05) is 17.4 Å². The average Bonchev–Trinajstić information content (AvgIpc) is 2.97. The van der Waals surface area contributed by atoms with E-state index in [2.05, 4.69) is 61.2 Å². The Balaban J connectivity index is 1.95. The van der Waals surface area contributed by atoms with Crippen LogP contribution in [0.1, 0.15) is 57.1 Å². The highest BCUT2D eigenvalue weighted by Crippen LogP contribution is 2.51. The largest absolute Gasteiger partial charge is 0.366 e. The molecule has 0 radical (unpaired) electrons. The molecule has 1 aliphatic heterocycles.